The number of hydrogen-bond acceptors (Lipinski definition) is 5. The van der Waals surface area contributed by atoms with Crippen molar-refractivity contribution < 1.29 is 14.3 Å². The monoisotopic (exact) mass is 410 g/mol. The number of primary amides is 1. The first-order valence-electron chi connectivity index (χ1n) is 9.44. The lowest BCUT2D eigenvalue weighted by Crippen LogP contribution is -2.42. The molecule has 7 nitrogen and oxygen atoms in total. The third-order valence-corrected chi connectivity index (χ3v) is 6.10. The maximum absolute atomic E-state index is 13.3. The Hall–Kier alpha value is -3.13. The van der Waals surface area contributed by atoms with Gasteiger partial charge in [0.1, 0.15) is 17.1 Å². The number of rotatable bonds is 5. The zero-order chi connectivity index (χ0) is 20.4. The fourth-order valence-corrected chi connectivity index (χ4v) is 4.21. The molecule has 0 aliphatic carbocycles. The highest BCUT2D eigenvalue weighted by Crippen LogP contribution is 2.28. The fraction of sp³-hybridized carbons (Fsp3) is 0.286. The summed E-state index contributed by atoms with van der Waals surface area (Å²) in [6.45, 7) is 1.02. The molecule has 1 aliphatic heterocycles. The first kappa shape index (κ1) is 19.2. The lowest BCUT2D eigenvalue weighted by Gasteiger charge is -2.30. The predicted molar refractivity (Wildman–Crippen MR) is 111 cm³/mol. The van der Waals surface area contributed by atoms with E-state index in [0.717, 1.165) is 22.0 Å². The van der Waals surface area contributed by atoms with Crippen molar-refractivity contribution in [3.05, 3.63) is 53.5 Å². The first-order chi connectivity index (χ1) is 14.1. The van der Waals surface area contributed by atoms with E-state index in [4.69, 9.17) is 15.6 Å². The van der Waals surface area contributed by atoms with Gasteiger partial charge in [-0.25, -0.2) is 4.68 Å². The highest BCUT2D eigenvalue weighted by molar-refractivity contribution is 7.13. The molecule has 1 aromatic carbocycles. The van der Waals surface area contributed by atoms with Crippen molar-refractivity contribution >= 4 is 23.2 Å². The number of nitrogens with zero attached hydrogens (tertiary/aromatic N) is 3. The minimum atomic E-state index is -0.291. The molecule has 0 atom stereocenters. The highest BCUT2D eigenvalue weighted by atomic mass is 32.1. The van der Waals surface area contributed by atoms with Crippen molar-refractivity contribution in [2.45, 2.75) is 12.8 Å². The van der Waals surface area contributed by atoms with Gasteiger partial charge in [-0.15, -0.1) is 11.3 Å². The molecular formula is C21H22N4O3S. The third kappa shape index (κ3) is 3.88. The van der Waals surface area contributed by atoms with Gasteiger partial charge in [0.25, 0.3) is 5.91 Å². The second kappa shape index (κ2) is 8.08. The molecule has 3 aromatic rings. The molecule has 1 saturated heterocycles. The molecule has 0 saturated carbocycles. The second-order valence-electron chi connectivity index (χ2n) is 6.97. The summed E-state index contributed by atoms with van der Waals surface area (Å²) in [5.41, 5.74) is 7.45. The number of benzene rings is 1. The minimum Gasteiger partial charge on any atom is -0.497 e. The molecule has 0 radical (unpaired) electrons. The summed E-state index contributed by atoms with van der Waals surface area (Å²) in [7, 11) is 1.61. The average molecular weight is 410 g/mol. The minimum absolute atomic E-state index is 0.0981. The Morgan fingerprint density at radius 3 is 2.48 bits per heavy atom. The topological polar surface area (TPSA) is 90.5 Å². The summed E-state index contributed by atoms with van der Waals surface area (Å²) < 4.78 is 6.91. The van der Waals surface area contributed by atoms with Gasteiger partial charge in [-0.2, -0.15) is 5.10 Å². The smallest absolute Gasteiger partial charge is 0.272 e. The summed E-state index contributed by atoms with van der Waals surface area (Å²) in [5, 5.41) is 6.69. The molecule has 4 rings (SSSR count). The molecule has 3 heterocycles. The molecule has 1 fully saturated rings. The maximum atomic E-state index is 13.3. The van der Waals surface area contributed by atoms with Crippen LogP contribution in [0.4, 0.5) is 0 Å². The summed E-state index contributed by atoms with van der Waals surface area (Å²) in [6, 6.07) is 13.2. The molecule has 1 aliphatic rings. The van der Waals surface area contributed by atoms with Crippen LogP contribution < -0.4 is 10.5 Å². The Morgan fingerprint density at radius 2 is 1.90 bits per heavy atom. The number of thiophene rings is 1. The van der Waals surface area contributed by atoms with Crippen LogP contribution in [0.3, 0.4) is 0 Å². The van der Waals surface area contributed by atoms with Crippen LogP contribution in [0.1, 0.15) is 23.3 Å². The standard InChI is InChI=1S/C21H22N4O3S/c1-28-16-6-4-15(5-7-16)25-18(13-17(23-25)19-3-2-12-29-19)21(27)24-10-8-14(9-11-24)20(22)26/h2-7,12-14H,8-11H2,1H3,(H2,22,26). The van der Waals surface area contributed by atoms with E-state index in [1.807, 2.05) is 47.8 Å². The SMILES string of the molecule is COc1ccc(-n2nc(-c3cccs3)cc2C(=O)N2CCC(C(N)=O)CC2)cc1. The van der Waals surface area contributed by atoms with Gasteiger partial charge in [-0.3, -0.25) is 9.59 Å². The molecule has 2 amide bonds. The molecule has 150 valence electrons. The largest absolute Gasteiger partial charge is 0.497 e. The number of hydrogen-bond donors (Lipinski definition) is 1. The van der Waals surface area contributed by atoms with E-state index in [1.54, 1.807) is 28.0 Å². The van der Waals surface area contributed by atoms with E-state index in [9.17, 15) is 9.59 Å². The van der Waals surface area contributed by atoms with Crippen LogP contribution in [-0.4, -0.2) is 46.7 Å². The lowest BCUT2D eigenvalue weighted by atomic mass is 9.96. The highest BCUT2D eigenvalue weighted by Gasteiger charge is 2.29. The van der Waals surface area contributed by atoms with E-state index in [2.05, 4.69) is 0 Å². The van der Waals surface area contributed by atoms with Gasteiger partial charge in [-0.1, -0.05) is 6.07 Å². The van der Waals surface area contributed by atoms with Gasteiger partial charge < -0.3 is 15.4 Å². The molecule has 0 unspecified atom stereocenters. The maximum Gasteiger partial charge on any atom is 0.272 e. The molecular weight excluding hydrogens is 388 g/mol. The Bertz CT molecular complexity index is 1000. The summed E-state index contributed by atoms with van der Waals surface area (Å²) in [4.78, 5) is 27.5. The lowest BCUT2D eigenvalue weighted by molar-refractivity contribution is -0.123. The second-order valence-corrected chi connectivity index (χ2v) is 7.92. The molecule has 2 N–H and O–H groups in total. The van der Waals surface area contributed by atoms with E-state index >= 15 is 0 Å². The molecule has 29 heavy (non-hydrogen) atoms. The van der Waals surface area contributed by atoms with E-state index in [1.165, 1.54) is 0 Å². The van der Waals surface area contributed by atoms with Gasteiger partial charge in [0.2, 0.25) is 5.91 Å². The van der Waals surface area contributed by atoms with Crippen molar-refractivity contribution in [3.8, 4) is 22.0 Å². The zero-order valence-corrected chi connectivity index (χ0v) is 16.9. The van der Waals surface area contributed by atoms with Crippen LogP contribution >= 0.6 is 11.3 Å². The number of likely N-dealkylation sites (tertiary alicyclic amines) is 1. The van der Waals surface area contributed by atoms with Crippen LogP contribution in [0, 0.1) is 5.92 Å². The predicted octanol–water partition coefficient (Wildman–Crippen LogP) is 2.95. The van der Waals surface area contributed by atoms with Crippen molar-refractivity contribution in [1.82, 2.24) is 14.7 Å². The van der Waals surface area contributed by atoms with Crippen LogP contribution in [0.15, 0.2) is 47.8 Å². The Labute approximate surface area is 172 Å². The van der Waals surface area contributed by atoms with Crippen LogP contribution in [0.2, 0.25) is 0 Å². The average Bonchev–Trinajstić information content (AvgIpc) is 3.43. The normalized spacial score (nSPS) is 14.7. The first-order valence-corrected chi connectivity index (χ1v) is 10.3. The Morgan fingerprint density at radius 1 is 1.17 bits per heavy atom. The number of carbonyl (C=O) groups is 2. The van der Waals surface area contributed by atoms with Gasteiger partial charge in [-0.05, 0) is 54.6 Å². The zero-order valence-electron chi connectivity index (χ0n) is 16.1. The van der Waals surface area contributed by atoms with E-state index in [-0.39, 0.29) is 17.7 Å². The van der Waals surface area contributed by atoms with Crippen LogP contribution in [0.25, 0.3) is 16.3 Å². The van der Waals surface area contributed by atoms with Gasteiger partial charge in [0.15, 0.2) is 0 Å². The van der Waals surface area contributed by atoms with Crippen LogP contribution in [0.5, 0.6) is 5.75 Å². The number of methoxy groups -OCH3 is 1. The Kier molecular flexibility index (Phi) is 5.35. The van der Waals surface area contributed by atoms with Crippen molar-refractivity contribution in [1.29, 1.82) is 0 Å². The van der Waals surface area contributed by atoms with Crippen molar-refractivity contribution in [3.63, 3.8) is 0 Å². The molecule has 0 bridgehead atoms. The number of ether oxygens (including phenoxy) is 1. The summed E-state index contributed by atoms with van der Waals surface area (Å²) in [6.07, 6.45) is 1.19. The quantitative estimate of drug-likeness (QED) is 0.700. The molecule has 0 spiro atoms. The van der Waals surface area contributed by atoms with E-state index in [0.29, 0.717) is 31.6 Å². The summed E-state index contributed by atoms with van der Waals surface area (Å²) >= 11 is 1.58. The van der Waals surface area contributed by atoms with Gasteiger partial charge in [0.05, 0.1) is 17.7 Å². The van der Waals surface area contributed by atoms with Gasteiger partial charge in [0, 0.05) is 19.0 Å². The number of nitrogens with two attached hydrogens (primary N) is 1. The fourth-order valence-electron chi connectivity index (χ4n) is 3.53. The Balaban J connectivity index is 1.67. The van der Waals surface area contributed by atoms with Crippen LogP contribution in [-0.2, 0) is 4.79 Å². The third-order valence-electron chi connectivity index (χ3n) is 5.20. The number of aromatic nitrogens is 2. The van der Waals surface area contributed by atoms with Crippen molar-refractivity contribution in [2.24, 2.45) is 11.7 Å². The van der Waals surface area contributed by atoms with Crippen molar-refractivity contribution in [2.75, 3.05) is 20.2 Å². The van der Waals surface area contributed by atoms with E-state index < -0.39 is 0 Å². The number of piperidine rings is 1. The molecule has 2 aromatic heterocycles. The summed E-state index contributed by atoms with van der Waals surface area (Å²) in [5.74, 6) is 0.187. The molecule has 8 heteroatoms. The number of amides is 2. The number of carbonyl (C=O) groups excluding carboxylic acids is 2. The van der Waals surface area contributed by atoms with Gasteiger partial charge >= 0.3 is 0 Å².